The van der Waals surface area contributed by atoms with Crippen molar-refractivity contribution in [1.29, 1.82) is 0 Å². The van der Waals surface area contributed by atoms with E-state index in [4.69, 9.17) is 9.47 Å². The minimum atomic E-state index is -3.38. The summed E-state index contributed by atoms with van der Waals surface area (Å²) in [6, 6.07) is 3.83. The predicted octanol–water partition coefficient (Wildman–Crippen LogP) is 0.628. The van der Waals surface area contributed by atoms with Gasteiger partial charge in [0.05, 0.1) is 0 Å². The third-order valence-electron chi connectivity index (χ3n) is 3.34. The first-order valence-corrected chi connectivity index (χ1v) is 7.70. The summed E-state index contributed by atoms with van der Waals surface area (Å²) in [5, 5.41) is 0. The molecule has 0 bridgehead atoms. The second kappa shape index (κ2) is 4.66. The van der Waals surface area contributed by atoms with Gasteiger partial charge in [0, 0.05) is 19.6 Å². The van der Waals surface area contributed by atoms with E-state index in [9.17, 15) is 8.42 Å². The van der Waals surface area contributed by atoms with Crippen LogP contribution in [0, 0.1) is 0 Å². The van der Waals surface area contributed by atoms with Gasteiger partial charge in [-0.2, -0.15) is 12.7 Å². The highest BCUT2D eigenvalue weighted by molar-refractivity contribution is 7.87. The maximum atomic E-state index is 12.0. The molecule has 0 spiro atoms. The van der Waals surface area contributed by atoms with Crippen LogP contribution in [-0.2, 0) is 23.2 Å². The highest BCUT2D eigenvalue weighted by atomic mass is 32.2. The molecule has 0 unspecified atom stereocenters. The third-order valence-corrected chi connectivity index (χ3v) is 4.98. The van der Waals surface area contributed by atoms with Crippen LogP contribution in [0.5, 0.6) is 11.5 Å². The van der Waals surface area contributed by atoms with Crippen molar-refractivity contribution in [1.82, 2.24) is 9.03 Å². The van der Waals surface area contributed by atoms with Crippen LogP contribution in [0.15, 0.2) is 12.1 Å². The molecule has 2 heterocycles. The predicted molar refractivity (Wildman–Crippen MR) is 69.3 cm³/mol. The molecule has 0 fully saturated rings. The van der Waals surface area contributed by atoms with Crippen LogP contribution in [0.2, 0.25) is 0 Å². The van der Waals surface area contributed by atoms with Crippen LogP contribution in [-0.4, -0.2) is 32.6 Å². The Hall–Kier alpha value is -1.31. The lowest BCUT2D eigenvalue weighted by molar-refractivity contribution is 0.174. The summed E-state index contributed by atoms with van der Waals surface area (Å²) < 4.78 is 38.6. The molecule has 0 amide bonds. The number of benzene rings is 1. The van der Waals surface area contributed by atoms with Crippen LogP contribution >= 0.6 is 0 Å². The Morgan fingerprint density at radius 1 is 1.26 bits per heavy atom. The summed E-state index contributed by atoms with van der Waals surface area (Å²) in [5.74, 6) is 1.45. The van der Waals surface area contributed by atoms with Gasteiger partial charge in [-0.25, -0.2) is 4.72 Å². The standard InChI is InChI=1S/C12H16N2O4S/c1-2-13-19(15,16)14-4-3-9-5-11-12(18-8-17-11)6-10(9)7-14/h5-6,13H,2-4,7-8H2,1H3. The zero-order chi connectivity index (χ0) is 13.5. The normalized spacial score (nSPS) is 18.4. The van der Waals surface area contributed by atoms with E-state index in [1.165, 1.54) is 4.31 Å². The second-order valence-corrected chi connectivity index (χ2v) is 6.32. The minimum Gasteiger partial charge on any atom is -0.454 e. The summed E-state index contributed by atoms with van der Waals surface area (Å²) in [5.41, 5.74) is 2.11. The summed E-state index contributed by atoms with van der Waals surface area (Å²) >= 11 is 0. The van der Waals surface area contributed by atoms with Crippen molar-refractivity contribution in [2.75, 3.05) is 19.9 Å². The fraction of sp³-hybridized carbons (Fsp3) is 0.500. The van der Waals surface area contributed by atoms with E-state index in [-0.39, 0.29) is 6.79 Å². The SMILES string of the molecule is CCNS(=O)(=O)N1CCc2cc3c(cc2C1)OCO3. The molecule has 2 aliphatic rings. The van der Waals surface area contributed by atoms with Gasteiger partial charge in [0.15, 0.2) is 11.5 Å². The van der Waals surface area contributed by atoms with Crippen LogP contribution in [0.25, 0.3) is 0 Å². The number of nitrogens with zero attached hydrogens (tertiary/aromatic N) is 1. The summed E-state index contributed by atoms with van der Waals surface area (Å²) in [6.45, 7) is 3.27. The topological polar surface area (TPSA) is 67.9 Å². The van der Waals surface area contributed by atoms with Crippen molar-refractivity contribution in [3.63, 3.8) is 0 Å². The maximum Gasteiger partial charge on any atom is 0.279 e. The Labute approximate surface area is 112 Å². The molecule has 7 heteroatoms. The second-order valence-electron chi connectivity index (χ2n) is 4.56. The third kappa shape index (κ3) is 2.29. The Balaban J connectivity index is 1.88. The van der Waals surface area contributed by atoms with Crippen molar-refractivity contribution in [2.45, 2.75) is 19.9 Å². The average Bonchev–Trinajstić information content (AvgIpc) is 2.82. The van der Waals surface area contributed by atoms with Crippen molar-refractivity contribution in [3.8, 4) is 11.5 Å². The van der Waals surface area contributed by atoms with Gasteiger partial charge >= 0.3 is 0 Å². The zero-order valence-electron chi connectivity index (χ0n) is 10.7. The number of rotatable bonds is 3. The van der Waals surface area contributed by atoms with E-state index in [0.717, 1.165) is 16.9 Å². The molecule has 1 aromatic rings. The van der Waals surface area contributed by atoms with Crippen LogP contribution in [0.1, 0.15) is 18.1 Å². The van der Waals surface area contributed by atoms with Gasteiger partial charge in [0.1, 0.15) is 0 Å². The molecule has 1 N–H and O–H groups in total. The number of hydrogen-bond donors (Lipinski definition) is 1. The molecule has 0 saturated carbocycles. The van der Waals surface area contributed by atoms with Gasteiger partial charge < -0.3 is 9.47 Å². The summed E-state index contributed by atoms with van der Waals surface area (Å²) in [6.07, 6.45) is 0.691. The molecule has 0 atom stereocenters. The van der Waals surface area contributed by atoms with E-state index in [0.29, 0.717) is 31.8 Å². The molecule has 19 heavy (non-hydrogen) atoms. The van der Waals surface area contributed by atoms with Gasteiger partial charge in [-0.3, -0.25) is 0 Å². The molecule has 0 saturated heterocycles. The summed E-state index contributed by atoms with van der Waals surface area (Å²) in [7, 11) is -3.38. The quantitative estimate of drug-likeness (QED) is 0.884. The van der Waals surface area contributed by atoms with Gasteiger partial charge in [-0.15, -0.1) is 0 Å². The summed E-state index contributed by atoms with van der Waals surface area (Å²) in [4.78, 5) is 0. The fourth-order valence-electron chi connectivity index (χ4n) is 2.40. The lowest BCUT2D eigenvalue weighted by Crippen LogP contribution is -2.43. The van der Waals surface area contributed by atoms with Gasteiger partial charge in [-0.1, -0.05) is 6.92 Å². The Morgan fingerprint density at radius 3 is 2.63 bits per heavy atom. The molecule has 2 aliphatic heterocycles. The van der Waals surface area contributed by atoms with E-state index in [2.05, 4.69) is 4.72 Å². The smallest absolute Gasteiger partial charge is 0.279 e. The Kier molecular flexibility index (Phi) is 3.12. The molecule has 1 aromatic carbocycles. The minimum absolute atomic E-state index is 0.234. The van der Waals surface area contributed by atoms with Crippen LogP contribution in [0.4, 0.5) is 0 Å². The molecule has 104 valence electrons. The number of ether oxygens (including phenoxy) is 2. The molecule has 6 nitrogen and oxygen atoms in total. The van der Waals surface area contributed by atoms with Crippen molar-refractivity contribution in [2.24, 2.45) is 0 Å². The lowest BCUT2D eigenvalue weighted by atomic mass is 10.0. The van der Waals surface area contributed by atoms with Crippen molar-refractivity contribution in [3.05, 3.63) is 23.3 Å². The highest BCUT2D eigenvalue weighted by Gasteiger charge is 2.28. The van der Waals surface area contributed by atoms with Crippen molar-refractivity contribution >= 4 is 10.2 Å². The monoisotopic (exact) mass is 284 g/mol. The first-order valence-electron chi connectivity index (χ1n) is 6.26. The molecule has 0 aliphatic carbocycles. The zero-order valence-corrected chi connectivity index (χ0v) is 11.5. The molecule has 3 rings (SSSR count). The number of hydrogen-bond acceptors (Lipinski definition) is 4. The van der Waals surface area contributed by atoms with E-state index < -0.39 is 10.2 Å². The van der Waals surface area contributed by atoms with Crippen LogP contribution in [0.3, 0.4) is 0 Å². The largest absolute Gasteiger partial charge is 0.454 e. The molecule has 0 radical (unpaired) electrons. The van der Waals surface area contributed by atoms with E-state index in [1.54, 1.807) is 6.92 Å². The lowest BCUT2D eigenvalue weighted by Gasteiger charge is -2.28. The van der Waals surface area contributed by atoms with E-state index >= 15 is 0 Å². The number of nitrogens with one attached hydrogen (secondary N) is 1. The molecular weight excluding hydrogens is 268 g/mol. The Morgan fingerprint density at radius 2 is 1.95 bits per heavy atom. The Bertz CT molecular complexity index is 600. The average molecular weight is 284 g/mol. The molecular formula is C12H16N2O4S. The first-order chi connectivity index (χ1) is 9.10. The maximum absolute atomic E-state index is 12.0. The highest BCUT2D eigenvalue weighted by Crippen LogP contribution is 2.36. The van der Waals surface area contributed by atoms with Gasteiger partial charge in [0.25, 0.3) is 10.2 Å². The number of fused-ring (bicyclic) bond motifs is 2. The van der Waals surface area contributed by atoms with Crippen LogP contribution < -0.4 is 14.2 Å². The molecule has 0 aromatic heterocycles. The van der Waals surface area contributed by atoms with Crippen molar-refractivity contribution < 1.29 is 17.9 Å². The van der Waals surface area contributed by atoms with Gasteiger partial charge in [-0.05, 0) is 29.7 Å². The first kappa shape index (κ1) is 12.7. The van der Waals surface area contributed by atoms with E-state index in [1.807, 2.05) is 12.1 Å². The van der Waals surface area contributed by atoms with Gasteiger partial charge in [0.2, 0.25) is 6.79 Å². The fourth-order valence-corrected chi connectivity index (χ4v) is 3.59.